The van der Waals surface area contributed by atoms with Crippen molar-refractivity contribution in [1.82, 2.24) is 10.2 Å². The van der Waals surface area contributed by atoms with Gasteiger partial charge in [0.25, 0.3) is 0 Å². The Labute approximate surface area is 161 Å². The average Bonchev–Trinajstić information content (AvgIpc) is 3.33. The summed E-state index contributed by atoms with van der Waals surface area (Å²) in [6.07, 6.45) is 0. The van der Waals surface area contributed by atoms with Crippen molar-refractivity contribution >= 4 is 11.8 Å². The van der Waals surface area contributed by atoms with Crippen LogP contribution in [-0.2, 0) is 22.7 Å². The Bertz CT molecular complexity index is 914. The van der Waals surface area contributed by atoms with E-state index in [0.717, 1.165) is 11.1 Å². The van der Waals surface area contributed by atoms with Gasteiger partial charge in [-0.25, -0.2) is 0 Å². The minimum absolute atomic E-state index is 0.0334. The molecule has 8 nitrogen and oxygen atoms in total. The smallest absolute Gasteiger partial charge is 0.239 e. The number of nitrogens with one attached hydrogen (secondary N) is 1. The second-order valence-electron chi connectivity index (χ2n) is 6.53. The van der Waals surface area contributed by atoms with Crippen LogP contribution in [0.5, 0.6) is 23.0 Å². The Morgan fingerprint density at radius 2 is 1.46 bits per heavy atom. The molecule has 0 saturated heterocycles. The number of fused-ring (bicyclic) bond motifs is 2. The fraction of sp³-hybridized carbons (Fsp3) is 0.300. The second-order valence-corrected chi connectivity index (χ2v) is 6.53. The molecule has 2 aromatic carbocycles. The van der Waals surface area contributed by atoms with Crippen LogP contribution in [0.2, 0.25) is 0 Å². The monoisotopic (exact) mass is 384 g/mol. The second kappa shape index (κ2) is 7.67. The van der Waals surface area contributed by atoms with Gasteiger partial charge in [0.05, 0.1) is 6.54 Å². The minimum Gasteiger partial charge on any atom is -0.454 e. The van der Waals surface area contributed by atoms with E-state index < -0.39 is 0 Å². The van der Waals surface area contributed by atoms with Gasteiger partial charge in [-0.2, -0.15) is 0 Å². The molecule has 2 aromatic rings. The zero-order chi connectivity index (χ0) is 19.5. The standard InChI is InChI=1S/C20H20N2O6/c1-13(23)22(9-15-3-5-17-19(7-15)28-12-26-17)10-20(24)21-8-14-2-4-16-18(6-14)27-11-25-16/h2-7H,8-12H2,1H3,(H,21,24). The van der Waals surface area contributed by atoms with Gasteiger partial charge in [-0.1, -0.05) is 12.1 Å². The number of nitrogens with zero attached hydrogens (tertiary/aromatic N) is 1. The molecule has 4 rings (SSSR count). The summed E-state index contributed by atoms with van der Waals surface area (Å²) in [7, 11) is 0. The highest BCUT2D eigenvalue weighted by Gasteiger charge is 2.18. The number of rotatable bonds is 6. The maximum absolute atomic E-state index is 12.3. The van der Waals surface area contributed by atoms with Crippen molar-refractivity contribution in [1.29, 1.82) is 0 Å². The summed E-state index contributed by atoms with van der Waals surface area (Å²) in [4.78, 5) is 25.8. The molecule has 8 heteroatoms. The third-order valence-corrected chi connectivity index (χ3v) is 4.52. The van der Waals surface area contributed by atoms with E-state index in [0.29, 0.717) is 36.1 Å². The largest absolute Gasteiger partial charge is 0.454 e. The van der Waals surface area contributed by atoms with E-state index in [1.807, 2.05) is 30.3 Å². The number of carbonyl (C=O) groups excluding carboxylic acids is 2. The summed E-state index contributed by atoms with van der Waals surface area (Å²) < 4.78 is 21.3. The van der Waals surface area contributed by atoms with Gasteiger partial charge in [-0.15, -0.1) is 0 Å². The van der Waals surface area contributed by atoms with Gasteiger partial charge in [-0.05, 0) is 35.4 Å². The van der Waals surface area contributed by atoms with Crippen LogP contribution in [0.15, 0.2) is 36.4 Å². The summed E-state index contributed by atoms with van der Waals surface area (Å²) in [5.41, 5.74) is 1.76. The highest BCUT2D eigenvalue weighted by molar-refractivity contribution is 5.83. The quantitative estimate of drug-likeness (QED) is 0.818. The van der Waals surface area contributed by atoms with Crippen molar-refractivity contribution in [2.75, 3.05) is 20.1 Å². The molecule has 0 fully saturated rings. The SMILES string of the molecule is CC(=O)N(CC(=O)NCc1ccc2c(c1)OCO2)Cc1ccc2c(c1)OCO2. The number of ether oxygens (including phenoxy) is 4. The van der Waals surface area contributed by atoms with Crippen LogP contribution in [0, 0.1) is 0 Å². The summed E-state index contributed by atoms with van der Waals surface area (Å²) in [5, 5.41) is 2.83. The van der Waals surface area contributed by atoms with Gasteiger partial charge in [0.2, 0.25) is 25.4 Å². The predicted molar refractivity (Wildman–Crippen MR) is 98.1 cm³/mol. The van der Waals surface area contributed by atoms with E-state index in [-0.39, 0.29) is 31.9 Å². The molecular weight excluding hydrogens is 364 g/mol. The van der Waals surface area contributed by atoms with E-state index >= 15 is 0 Å². The Balaban J connectivity index is 1.34. The van der Waals surface area contributed by atoms with Crippen molar-refractivity contribution in [2.24, 2.45) is 0 Å². The lowest BCUT2D eigenvalue weighted by molar-refractivity contribution is -0.135. The highest BCUT2D eigenvalue weighted by atomic mass is 16.7. The minimum atomic E-state index is -0.242. The van der Waals surface area contributed by atoms with Crippen LogP contribution in [0.3, 0.4) is 0 Å². The van der Waals surface area contributed by atoms with Gasteiger partial charge in [0.15, 0.2) is 23.0 Å². The summed E-state index contributed by atoms with van der Waals surface area (Å²) in [5.74, 6) is 2.26. The van der Waals surface area contributed by atoms with Crippen molar-refractivity contribution in [3.05, 3.63) is 47.5 Å². The molecule has 2 aliphatic heterocycles. The van der Waals surface area contributed by atoms with Gasteiger partial charge in [0, 0.05) is 20.0 Å². The lowest BCUT2D eigenvalue weighted by atomic mass is 10.2. The van der Waals surface area contributed by atoms with Gasteiger partial charge >= 0.3 is 0 Å². The third-order valence-electron chi connectivity index (χ3n) is 4.52. The lowest BCUT2D eigenvalue weighted by Gasteiger charge is -2.21. The van der Waals surface area contributed by atoms with Crippen molar-refractivity contribution in [3.8, 4) is 23.0 Å². The number of amides is 2. The molecule has 0 aliphatic carbocycles. The third kappa shape index (κ3) is 3.95. The maximum Gasteiger partial charge on any atom is 0.239 e. The summed E-state index contributed by atoms with van der Waals surface area (Å²) >= 11 is 0. The van der Waals surface area contributed by atoms with Crippen molar-refractivity contribution < 1.29 is 28.5 Å². The van der Waals surface area contributed by atoms with Crippen LogP contribution in [0.1, 0.15) is 18.1 Å². The lowest BCUT2D eigenvalue weighted by Crippen LogP contribution is -2.39. The molecule has 0 radical (unpaired) electrons. The van der Waals surface area contributed by atoms with Crippen LogP contribution in [0.25, 0.3) is 0 Å². The number of hydrogen-bond donors (Lipinski definition) is 1. The number of hydrogen-bond acceptors (Lipinski definition) is 6. The first-order valence-electron chi connectivity index (χ1n) is 8.88. The van der Waals surface area contributed by atoms with E-state index in [2.05, 4.69) is 5.32 Å². The molecule has 2 aliphatic rings. The first-order valence-corrected chi connectivity index (χ1v) is 8.88. The first-order chi connectivity index (χ1) is 13.6. The zero-order valence-corrected chi connectivity index (χ0v) is 15.4. The van der Waals surface area contributed by atoms with Crippen LogP contribution in [0.4, 0.5) is 0 Å². The van der Waals surface area contributed by atoms with Crippen molar-refractivity contribution in [3.63, 3.8) is 0 Å². The first kappa shape index (κ1) is 18.0. The Hall–Kier alpha value is -3.42. The molecule has 2 amide bonds. The molecule has 146 valence electrons. The molecular formula is C20H20N2O6. The van der Waals surface area contributed by atoms with E-state index in [1.165, 1.54) is 11.8 Å². The van der Waals surface area contributed by atoms with Gasteiger partial charge < -0.3 is 29.2 Å². The predicted octanol–water partition coefficient (Wildman–Crippen LogP) is 1.81. The van der Waals surface area contributed by atoms with E-state index in [9.17, 15) is 9.59 Å². The Kier molecular flexibility index (Phi) is 4.92. The van der Waals surface area contributed by atoms with E-state index in [1.54, 1.807) is 6.07 Å². The molecule has 0 atom stereocenters. The molecule has 0 saturated carbocycles. The summed E-state index contributed by atoms with van der Waals surface area (Å²) in [6, 6.07) is 11.0. The van der Waals surface area contributed by atoms with E-state index in [4.69, 9.17) is 18.9 Å². The molecule has 0 bridgehead atoms. The molecule has 28 heavy (non-hydrogen) atoms. The molecule has 0 aromatic heterocycles. The molecule has 0 unspecified atom stereocenters. The summed E-state index contributed by atoms with van der Waals surface area (Å²) in [6.45, 7) is 2.46. The normalized spacial score (nSPS) is 13.3. The van der Waals surface area contributed by atoms with Crippen molar-refractivity contribution in [2.45, 2.75) is 20.0 Å². The highest BCUT2D eigenvalue weighted by Crippen LogP contribution is 2.33. The molecule has 1 N–H and O–H groups in total. The number of benzene rings is 2. The van der Waals surface area contributed by atoms with Crippen LogP contribution >= 0.6 is 0 Å². The maximum atomic E-state index is 12.3. The van der Waals surface area contributed by atoms with Gasteiger partial charge in [-0.3, -0.25) is 9.59 Å². The van der Waals surface area contributed by atoms with Gasteiger partial charge in [0.1, 0.15) is 0 Å². The Morgan fingerprint density at radius 1 is 0.893 bits per heavy atom. The molecule has 2 heterocycles. The Morgan fingerprint density at radius 3 is 2.11 bits per heavy atom. The van der Waals surface area contributed by atoms with Crippen LogP contribution < -0.4 is 24.3 Å². The zero-order valence-electron chi connectivity index (χ0n) is 15.4. The average molecular weight is 384 g/mol. The number of carbonyl (C=O) groups is 2. The fourth-order valence-corrected chi connectivity index (χ4v) is 3.02. The topological polar surface area (TPSA) is 86.3 Å². The van der Waals surface area contributed by atoms with Crippen LogP contribution in [-0.4, -0.2) is 36.8 Å². The fourth-order valence-electron chi connectivity index (χ4n) is 3.02. The molecule has 0 spiro atoms.